The van der Waals surface area contributed by atoms with Gasteiger partial charge >= 0.3 is 0 Å². The van der Waals surface area contributed by atoms with Crippen molar-refractivity contribution < 1.29 is 4.42 Å². The summed E-state index contributed by atoms with van der Waals surface area (Å²) in [5.74, 6) is 0.660. The Kier molecular flexibility index (Phi) is 8.16. The van der Waals surface area contributed by atoms with Crippen LogP contribution < -0.4 is 0 Å². The second-order valence-corrected chi connectivity index (χ2v) is 13.8. The van der Waals surface area contributed by atoms with Crippen LogP contribution in [0.3, 0.4) is 0 Å². The Bertz CT molecular complexity index is 2920. The number of rotatable bonds is 7. The van der Waals surface area contributed by atoms with Gasteiger partial charge < -0.3 is 4.42 Å². The third-order valence-electron chi connectivity index (χ3n) is 10.4. The summed E-state index contributed by atoms with van der Waals surface area (Å²) in [5.41, 5.74) is 15.8. The lowest BCUT2D eigenvalue weighted by molar-refractivity contribution is 0.669. The molecule has 0 atom stereocenters. The van der Waals surface area contributed by atoms with Gasteiger partial charge in [0.15, 0.2) is 5.82 Å². The molecule has 10 aromatic rings. The van der Waals surface area contributed by atoms with E-state index in [1.807, 2.05) is 42.5 Å². The summed E-state index contributed by atoms with van der Waals surface area (Å²) < 4.78 is 6.55. The van der Waals surface area contributed by atoms with E-state index in [0.717, 1.165) is 61.1 Å². The molecular formula is C52H34N2O. The first-order valence-corrected chi connectivity index (χ1v) is 18.6. The summed E-state index contributed by atoms with van der Waals surface area (Å²) in [6.45, 7) is 0. The first kappa shape index (κ1) is 32.3. The minimum Gasteiger partial charge on any atom is -0.456 e. The van der Waals surface area contributed by atoms with Crippen molar-refractivity contribution in [1.29, 1.82) is 0 Å². The van der Waals surface area contributed by atoms with Crippen LogP contribution in [0.1, 0.15) is 0 Å². The van der Waals surface area contributed by atoms with Gasteiger partial charge in [-0.05, 0) is 68.8 Å². The van der Waals surface area contributed by atoms with Gasteiger partial charge in [0.1, 0.15) is 11.2 Å². The zero-order valence-corrected chi connectivity index (χ0v) is 29.9. The van der Waals surface area contributed by atoms with Crippen molar-refractivity contribution >= 4 is 21.9 Å². The van der Waals surface area contributed by atoms with Crippen molar-refractivity contribution in [3.63, 3.8) is 0 Å². The van der Waals surface area contributed by atoms with Gasteiger partial charge in [-0.15, -0.1) is 0 Å². The SMILES string of the molecule is c1ccc(-c2ccc(-c3ccc(-c4ccc5c(c4)oc4cccc(-c6nc(-c7ccccc7)cc(-c7ccc(-c8ccccc8)cc7)n6)c45)cc3)cc2)cc1. The molecule has 0 aliphatic carbocycles. The molecule has 258 valence electrons. The van der Waals surface area contributed by atoms with E-state index in [-0.39, 0.29) is 0 Å². The number of hydrogen-bond donors (Lipinski definition) is 0. The molecule has 10 rings (SSSR count). The smallest absolute Gasteiger partial charge is 0.161 e. The fraction of sp³-hybridized carbons (Fsp3) is 0. The van der Waals surface area contributed by atoms with Gasteiger partial charge in [-0.2, -0.15) is 0 Å². The van der Waals surface area contributed by atoms with Gasteiger partial charge in [0.25, 0.3) is 0 Å². The Morgan fingerprint density at radius 3 is 1.20 bits per heavy atom. The normalized spacial score (nSPS) is 11.3. The molecule has 8 aromatic carbocycles. The lowest BCUT2D eigenvalue weighted by Gasteiger charge is -2.11. The molecule has 0 unspecified atom stereocenters. The molecule has 0 amide bonds. The highest BCUT2D eigenvalue weighted by Gasteiger charge is 2.18. The second-order valence-electron chi connectivity index (χ2n) is 13.8. The fourth-order valence-corrected chi connectivity index (χ4v) is 7.47. The van der Waals surface area contributed by atoms with E-state index in [2.05, 4.69) is 164 Å². The Morgan fingerprint density at radius 2 is 0.691 bits per heavy atom. The Hall–Kier alpha value is -7.36. The van der Waals surface area contributed by atoms with Gasteiger partial charge in [-0.25, -0.2) is 9.97 Å². The van der Waals surface area contributed by atoms with Crippen LogP contribution in [0, 0.1) is 0 Å². The molecule has 2 heterocycles. The predicted molar refractivity (Wildman–Crippen MR) is 227 cm³/mol. The van der Waals surface area contributed by atoms with E-state index in [4.69, 9.17) is 14.4 Å². The van der Waals surface area contributed by atoms with E-state index in [0.29, 0.717) is 5.82 Å². The van der Waals surface area contributed by atoms with Crippen molar-refractivity contribution in [3.05, 3.63) is 206 Å². The summed E-state index contributed by atoms with van der Waals surface area (Å²) in [6, 6.07) is 72.1. The maximum Gasteiger partial charge on any atom is 0.161 e. The number of benzene rings is 8. The van der Waals surface area contributed by atoms with Crippen molar-refractivity contribution in [2.45, 2.75) is 0 Å². The highest BCUT2D eigenvalue weighted by atomic mass is 16.3. The topological polar surface area (TPSA) is 38.9 Å². The van der Waals surface area contributed by atoms with Gasteiger partial charge in [-0.1, -0.05) is 182 Å². The zero-order valence-electron chi connectivity index (χ0n) is 29.9. The quantitative estimate of drug-likeness (QED) is 0.166. The lowest BCUT2D eigenvalue weighted by Crippen LogP contribution is -1.96. The Balaban J connectivity index is 1.01. The third kappa shape index (κ3) is 6.28. The second kappa shape index (κ2) is 13.9. The number of hydrogen-bond acceptors (Lipinski definition) is 3. The molecule has 2 aromatic heterocycles. The van der Waals surface area contributed by atoms with Gasteiger partial charge in [0.2, 0.25) is 0 Å². The summed E-state index contributed by atoms with van der Waals surface area (Å²) >= 11 is 0. The van der Waals surface area contributed by atoms with Crippen LogP contribution in [0.4, 0.5) is 0 Å². The van der Waals surface area contributed by atoms with Gasteiger partial charge in [-0.3, -0.25) is 0 Å². The molecule has 3 heteroatoms. The van der Waals surface area contributed by atoms with Crippen LogP contribution in [0.5, 0.6) is 0 Å². The van der Waals surface area contributed by atoms with E-state index in [1.165, 1.54) is 33.4 Å². The molecular weight excluding hydrogens is 669 g/mol. The van der Waals surface area contributed by atoms with Crippen LogP contribution in [0.25, 0.3) is 100 Å². The molecule has 0 saturated carbocycles. The van der Waals surface area contributed by atoms with Crippen LogP contribution in [0.15, 0.2) is 211 Å². The van der Waals surface area contributed by atoms with Crippen LogP contribution in [-0.4, -0.2) is 9.97 Å². The summed E-state index contributed by atoms with van der Waals surface area (Å²) in [7, 11) is 0. The maximum atomic E-state index is 6.55. The van der Waals surface area contributed by atoms with E-state index >= 15 is 0 Å². The average Bonchev–Trinajstić information content (AvgIpc) is 3.66. The molecule has 0 aliphatic rings. The molecule has 0 spiro atoms. The molecule has 0 radical (unpaired) electrons. The zero-order chi connectivity index (χ0) is 36.6. The maximum absolute atomic E-state index is 6.55. The summed E-state index contributed by atoms with van der Waals surface area (Å²) in [6.07, 6.45) is 0. The van der Waals surface area contributed by atoms with E-state index in [1.54, 1.807) is 0 Å². The molecule has 55 heavy (non-hydrogen) atoms. The fourth-order valence-electron chi connectivity index (χ4n) is 7.47. The molecule has 0 N–H and O–H groups in total. The van der Waals surface area contributed by atoms with E-state index in [9.17, 15) is 0 Å². The van der Waals surface area contributed by atoms with Gasteiger partial charge in [0.05, 0.1) is 11.4 Å². The number of aromatic nitrogens is 2. The van der Waals surface area contributed by atoms with Crippen molar-refractivity contribution in [2.24, 2.45) is 0 Å². The largest absolute Gasteiger partial charge is 0.456 e. The Labute approximate surface area is 319 Å². The lowest BCUT2D eigenvalue weighted by atomic mass is 9.97. The molecule has 0 fully saturated rings. The van der Waals surface area contributed by atoms with Crippen molar-refractivity contribution in [3.8, 4) is 78.4 Å². The van der Waals surface area contributed by atoms with Gasteiger partial charge in [0, 0.05) is 27.5 Å². The van der Waals surface area contributed by atoms with Crippen molar-refractivity contribution in [1.82, 2.24) is 9.97 Å². The Morgan fingerprint density at radius 1 is 0.291 bits per heavy atom. The summed E-state index contributed by atoms with van der Waals surface area (Å²) in [5, 5.41) is 2.04. The van der Waals surface area contributed by atoms with E-state index < -0.39 is 0 Å². The average molecular weight is 703 g/mol. The first-order chi connectivity index (χ1) is 27.2. The minimum atomic E-state index is 0.660. The summed E-state index contributed by atoms with van der Waals surface area (Å²) in [4.78, 5) is 10.4. The van der Waals surface area contributed by atoms with Crippen molar-refractivity contribution in [2.75, 3.05) is 0 Å². The van der Waals surface area contributed by atoms with Crippen LogP contribution in [-0.2, 0) is 0 Å². The standard InChI is InChI=1S/C52H34N2O/c1-4-11-35(12-5-1)37-19-21-39(22-20-37)40-23-25-41(26-24-40)44-31-32-45-50(33-44)55-49-18-10-17-46(51(45)49)52-53-47(42-15-8-3-9-16-42)34-48(54-52)43-29-27-38(28-30-43)36-13-6-2-7-14-36/h1-34H. The van der Waals surface area contributed by atoms with Crippen LogP contribution >= 0.6 is 0 Å². The third-order valence-corrected chi connectivity index (χ3v) is 10.4. The predicted octanol–water partition coefficient (Wildman–Crippen LogP) is 14.0. The highest BCUT2D eigenvalue weighted by molar-refractivity contribution is 6.12. The minimum absolute atomic E-state index is 0.660. The number of furan rings is 1. The molecule has 0 aliphatic heterocycles. The molecule has 3 nitrogen and oxygen atoms in total. The highest BCUT2D eigenvalue weighted by Crippen LogP contribution is 2.39. The number of fused-ring (bicyclic) bond motifs is 3. The monoisotopic (exact) mass is 702 g/mol. The molecule has 0 saturated heterocycles. The molecule has 0 bridgehead atoms. The van der Waals surface area contributed by atoms with Crippen LogP contribution in [0.2, 0.25) is 0 Å². The first-order valence-electron chi connectivity index (χ1n) is 18.6. The number of nitrogens with zero attached hydrogens (tertiary/aromatic N) is 2.